The van der Waals surface area contributed by atoms with Crippen LogP contribution in [0.1, 0.15) is 89.5 Å². The molecule has 11 nitrogen and oxygen atoms in total. The van der Waals surface area contributed by atoms with Crippen LogP contribution in [0.25, 0.3) is 10.9 Å². The van der Waals surface area contributed by atoms with Crippen molar-refractivity contribution in [2.24, 2.45) is 0 Å². The van der Waals surface area contributed by atoms with Gasteiger partial charge in [0.2, 0.25) is 5.88 Å². The fraction of sp³-hybridized carbons (Fsp3) is 0.438. The first kappa shape index (κ1) is 33.7. The average Bonchev–Trinajstić information content (AvgIpc) is 3.31. The average molecular weight is 613 g/mol. The highest BCUT2D eigenvalue weighted by Crippen LogP contribution is 2.30. The van der Waals surface area contributed by atoms with Crippen LogP contribution in [0, 0.1) is 31.5 Å². The number of hydrogen-bond acceptors (Lipinski definition) is 9. The summed E-state index contributed by atoms with van der Waals surface area (Å²) in [4.78, 5) is 56.5. The molecule has 0 aliphatic rings. The van der Waals surface area contributed by atoms with Gasteiger partial charge in [-0.1, -0.05) is 5.92 Å². The van der Waals surface area contributed by atoms with E-state index in [-0.39, 0.29) is 28.0 Å². The number of Topliss-reactive ketones (excluding diaryl/α,β-unsaturated/α-hetero) is 1. The fourth-order valence-electron chi connectivity index (χ4n) is 3.83. The highest BCUT2D eigenvalue weighted by Gasteiger charge is 2.27. The van der Waals surface area contributed by atoms with Crippen molar-refractivity contribution in [1.82, 2.24) is 9.30 Å². The van der Waals surface area contributed by atoms with Gasteiger partial charge in [0, 0.05) is 17.6 Å². The number of hydrogen-bond donors (Lipinski definition) is 0. The molecule has 0 N–H and O–H groups in total. The lowest BCUT2D eigenvalue weighted by atomic mass is 10.1. The van der Waals surface area contributed by atoms with Crippen LogP contribution in [0.5, 0.6) is 5.88 Å². The number of ketones is 1. The fourth-order valence-corrected chi connectivity index (χ4v) is 3.83. The van der Waals surface area contributed by atoms with Crippen molar-refractivity contribution < 1.29 is 47.4 Å². The summed E-state index contributed by atoms with van der Waals surface area (Å²) in [6.45, 7) is 18.2. The standard InChI is InChI=1S/C32H37FN2O9/c1-18-17-34(27(37)41-30(3,4)5)26(19(18)2)24(36)15-12-20-21-16-25(40-28(38)42-31(6,7)8)35(23(21)14-13-22(20)33)44-29(39)43-32(9,10)11/h13-14,16-17H,1-11H3. The summed E-state index contributed by atoms with van der Waals surface area (Å²) in [5.41, 5.74) is -1.72. The first-order valence-corrected chi connectivity index (χ1v) is 13.7. The largest absolute Gasteiger partial charge is 0.534 e. The van der Waals surface area contributed by atoms with E-state index in [0.29, 0.717) is 11.1 Å². The molecule has 0 aliphatic heterocycles. The van der Waals surface area contributed by atoms with E-state index in [2.05, 4.69) is 11.8 Å². The van der Waals surface area contributed by atoms with Crippen LogP contribution in [0.4, 0.5) is 18.8 Å². The van der Waals surface area contributed by atoms with E-state index < -0.39 is 46.8 Å². The molecule has 0 fully saturated rings. The van der Waals surface area contributed by atoms with Gasteiger partial charge in [-0.05, 0) is 105 Å². The molecule has 2 aromatic heterocycles. The Labute approximate surface area is 255 Å². The minimum absolute atomic E-state index is 0.0309. The second-order valence-electron chi connectivity index (χ2n) is 13.0. The molecule has 236 valence electrons. The van der Waals surface area contributed by atoms with Gasteiger partial charge in [-0.15, -0.1) is 4.73 Å². The molecule has 0 radical (unpaired) electrons. The van der Waals surface area contributed by atoms with Crippen LogP contribution >= 0.6 is 0 Å². The van der Waals surface area contributed by atoms with E-state index in [1.165, 1.54) is 18.3 Å². The second-order valence-corrected chi connectivity index (χ2v) is 13.0. The zero-order valence-electron chi connectivity index (χ0n) is 26.8. The van der Waals surface area contributed by atoms with E-state index in [0.717, 1.165) is 15.4 Å². The molecule has 0 saturated heterocycles. The summed E-state index contributed by atoms with van der Waals surface area (Å²) in [5.74, 6) is 3.01. The number of benzene rings is 1. The van der Waals surface area contributed by atoms with E-state index in [1.807, 2.05) is 0 Å². The Morgan fingerprint density at radius 1 is 0.818 bits per heavy atom. The first-order valence-electron chi connectivity index (χ1n) is 13.7. The molecule has 12 heteroatoms. The number of carbonyl (C=O) groups excluding carboxylic acids is 4. The van der Waals surface area contributed by atoms with Crippen molar-refractivity contribution in [2.45, 2.75) is 93.0 Å². The SMILES string of the molecule is Cc1cn(C(=O)OC(C)(C)C)c(C(=O)C#Cc2c(F)ccc3c2cc(OC(=O)OC(C)(C)C)n3OC(=O)OC(C)(C)C)c1C. The lowest BCUT2D eigenvalue weighted by Gasteiger charge is -2.20. The molecular weight excluding hydrogens is 575 g/mol. The van der Waals surface area contributed by atoms with E-state index in [1.54, 1.807) is 76.2 Å². The van der Waals surface area contributed by atoms with Gasteiger partial charge in [0.1, 0.15) is 28.3 Å². The number of aryl methyl sites for hydroxylation is 1. The van der Waals surface area contributed by atoms with Crippen molar-refractivity contribution in [3.63, 3.8) is 0 Å². The molecule has 1 aromatic carbocycles. The van der Waals surface area contributed by atoms with Crippen LogP contribution in [0.3, 0.4) is 0 Å². The molecule has 44 heavy (non-hydrogen) atoms. The molecule has 0 unspecified atom stereocenters. The maximum Gasteiger partial charge on any atom is 0.534 e. The Kier molecular flexibility index (Phi) is 9.25. The van der Waals surface area contributed by atoms with Crippen molar-refractivity contribution in [2.75, 3.05) is 0 Å². The highest BCUT2D eigenvalue weighted by molar-refractivity contribution is 6.11. The number of fused-ring (bicyclic) bond motifs is 1. The molecule has 3 rings (SSSR count). The zero-order chi connectivity index (χ0) is 33.4. The predicted octanol–water partition coefficient (Wildman–Crippen LogP) is 6.89. The van der Waals surface area contributed by atoms with Gasteiger partial charge in [0.05, 0.1) is 11.1 Å². The number of halogens is 1. The van der Waals surface area contributed by atoms with E-state index in [4.69, 9.17) is 23.8 Å². The quantitative estimate of drug-likeness (QED) is 0.135. The summed E-state index contributed by atoms with van der Waals surface area (Å²) >= 11 is 0. The van der Waals surface area contributed by atoms with Crippen molar-refractivity contribution in [3.05, 3.63) is 52.6 Å². The molecule has 0 spiro atoms. The molecule has 0 amide bonds. The number of rotatable bonds is 3. The number of ether oxygens (including phenoxy) is 4. The Morgan fingerprint density at radius 2 is 1.39 bits per heavy atom. The van der Waals surface area contributed by atoms with Gasteiger partial charge < -0.3 is 18.9 Å². The maximum atomic E-state index is 15.2. The number of carbonyl (C=O) groups is 4. The van der Waals surface area contributed by atoms with E-state index >= 15 is 4.39 Å². The minimum Gasteiger partial charge on any atom is -0.443 e. The van der Waals surface area contributed by atoms with Crippen LogP contribution < -0.4 is 9.57 Å². The Morgan fingerprint density at radius 3 is 1.95 bits per heavy atom. The maximum absolute atomic E-state index is 15.2. The van der Waals surface area contributed by atoms with Gasteiger partial charge in [-0.25, -0.2) is 23.3 Å². The van der Waals surface area contributed by atoms with Crippen molar-refractivity contribution in [3.8, 4) is 17.7 Å². The third kappa shape index (κ3) is 8.40. The summed E-state index contributed by atoms with van der Waals surface area (Å²) in [6.07, 6.45) is -1.56. The summed E-state index contributed by atoms with van der Waals surface area (Å²) < 4.78 is 38.2. The number of nitrogens with zero attached hydrogens (tertiary/aromatic N) is 2. The van der Waals surface area contributed by atoms with Crippen LogP contribution in [-0.4, -0.2) is 50.3 Å². The first-order chi connectivity index (χ1) is 20.1. The van der Waals surface area contributed by atoms with Gasteiger partial charge in [-0.3, -0.25) is 9.63 Å². The van der Waals surface area contributed by atoms with Gasteiger partial charge in [0.25, 0.3) is 5.78 Å². The van der Waals surface area contributed by atoms with Crippen LogP contribution in [-0.2, 0) is 14.2 Å². The third-order valence-corrected chi connectivity index (χ3v) is 5.61. The Balaban J connectivity index is 2.12. The Bertz CT molecular complexity index is 1700. The molecule has 0 atom stereocenters. The van der Waals surface area contributed by atoms with Gasteiger partial charge in [0.15, 0.2) is 0 Å². The summed E-state index contributed by atoms with van der Waals surface area (Å²) in [6, 6.07) is 3.52. The topological polar surface area (TPSA) is 124 Å². The van der Waals surface area contributed by atoms with Gasteiger partial charge in [-0.2, -0.15) is 0 Å². The molecule has 0 aliphatic carbocycles. The molecular formula is C32H37FN2O9. The second kappa shape index (κ2) is 12.1. The molecule has 0 saturated carbocycles. The summed E-state index contributed by atoms with van der Waals surface area (Å²) in [7, 11) is 0. The predicted molar refractivity (Wildman–Crippen MR) is 158 cm³/mol. The highest BCUT2D eigenvalue weighted by atomic mass is 19.1. The monoisotopic (exact) mass is 612 g/mol. The van der Waals surface area contributed by atoms with Crippen molar-refractivity contribution >= 4 is 35.1 Å². The van der Waals surface area contributed by atoms with Crippen LogP contribution in [0.2, 0.25) is 0 Å². The molecule has 3 aromatic rings. The zero-order valence-corrected chi connectivity index (χ0v) is 26.8. The smallest absolute Gasteiger partial charge is 0.443 e. The lowest BCUT2D eigenvalue weighted by molar-refractivity contribution is -0.0163. The Hall–Kier alpha value is -4.79. The van der Waals surface area contributed by atoms with Gasteiger partial charge >= 0.3 is 18.4 Å². The molecule has 2 heterocycles. The number of aromatic nitrogens is 2. The van der Waals surface area contributed by atoms with Crippen LogP contribution in [0.15, 0.2) is 24.4 Å². The van der Waals surface area contributed by atoms with E-state index in [9.17, 15) is 19.2 Å². The minimum atomic E-state index is -1.13. The normalized spacial score (nSPS) is 11.8. The molecule has 0 bridgehead atoms. The lowest BCUT2D eigenvalue weighted by Crippen LogP contribution is -2.31. The third-order valence-electron chi connectivity index (χ3n) is 5.61. The summed E-state index contributed by atoms with van der Waals surface area (Å²) in [5, 5.41) is 0.0443. The van der Waals surface area contributed by atoms with Crippen molar-refractivity contribution in [1.29, 1.82) is 0 Å².